The van der Waals surface area contributed by atoms with E-state index in [0.29, 0.717) is 10.0 Å². The summed E-state index contributed by atoms with van der Waals surface area (Å²) in [6.45, 7) is 0.275. The molecule has 25 heavy (non-hydrogen) atoms. The highest BCUT2D eigenvalue weighted by molar-refractivity contribution is 7.10. The molecular weight excluding hydrogens is 377 g/mol. The number of benzene rings is 2. The number of hydrogen-bond donors (Lipinski definition) is 1. The minimum atomic E-state index is -0.267. The number of rotatable bonds is 6. The van der Waals surface area contributed by atoms with Crippen molar-refractivity contribution in [3.05, 3.63) is 80.5 Å². The molecule has 0 saturated carbocycles. The SMILES string of the molecule is O=C(Cc1sccc1Nc1ccc(Cl)cc1Cl)OCc1ccccc1. The van der Waals surface area contributed by atoms with E-state index in [9.17, 15) is 4.79 Å². The molecule has 1 aromatic heterocycles. The minimum absolute atomic E-state index is 0.206. The zero-order chi connectivity index (χ0) is 17.6. The summed E-state index contributed by atoms with van der Waals surface area (Å²) in [4.78, 5) is 13.0. The number of carbonyl (C=O) groups is 1. The van der Waals surface area contributed by atoms with E-state index in [2.05, 4.69) is 5.32 Å². The van der Waals surface area contributed by atoms with Crippen LogP contribution >= 0.6 is 34.5 Å². The molecule has 6 heteroatoms. The first-order valence-electron chi connectivity index (χ1n) is 7.60. The lowest BCUT2D eigenvalue weighted by molar-refractivity contribution is -0.144. The van der Waals surface area contributed by atoms with Gasteiger partial charge in [-0.25, -0.2) is 0 Å². The van der Waals surface area contributed by atoms with Crippen molar-refractivity contribution in [2.75, 3.05) is 5.32 Å². The fraction of sp³-hybridized carbons (Fsp3) is 0.105. The van der Waals surface area contributed by atoms with Crippen LogP contribution in [0.1, 0.15) is 10.4 Å². The van der Waals surface area contributed by atoms with Gasteiger partial charge in [0.05, 0.1) is 22.8 Å². The molecule has 3 aromatic rings. The maximum absolute atomic E-state index is 12.1. The first kappa shape index (κ1) is 17.8. The predicted molar refractivity (Wildman–Crippen MR) is 104 cm³/mol. The highest BCUT2D eigenvalue weighted by atomic mass is 35.5. The number of nitrogens with one attached hydrogen (secondary N) is 1. The molecule has 0 radical (unpaired) electrons. The van der Waals surface area contributed by atoms with Crippen LogP contribution in [0.4, 0.5) is 11.4 Å². The fourth-order valence-electron chi connectivity index (χ4n) is 2.25. The third-order valence-corrected chi connectivity index (χ3v) is 4.96. The molecule has 3 rings (SSSR count). The summed E-state index contributed by atoms with van der Waals surface area (Å²) in [6.07, 6.45) is 0.206. The maximum Gasteiger partial charge on any atom is 0.311 e. The van der Waals surface area contributed by atoms with Gasteiger partial charge in [-0.3, -0.25) is 4.79 Å². The summed E-state index contributed by atoms with van der Waals surface area (Å²) in [5.41, 5.74) is 2.54. The van der Waals surface area contributed by atoms with Gasteiger partial charge >= 0.3 is 5.97 Å². The molecule has 0 spiro atoms. The van der Waals surface area contributed by atoms with Gasteiger partial charge in [-0.1, -0.05) is 53.5 Å². The molecule has 0 aliphatic heterocycles. The largest absolute Gasteiger partial charge is 0.461 e. The van der Waals surface area contributed by atoms with Crippen molar-refractivity contribution in [1.29, 1.82) is 0 Å². The molecule has 0 fully saturated rings. The van der Waals surface area contributed by atoms with Crippen molar-refractivity contribution in [3.63, 3.8) is 0 Å². The van der Waals surface area contributed by atoms with Gasteiger partial charge < -0.3 is 10.1 Å². The van der Waals surface area contributed by atoms with E-state index in [0.717, 1.165) is 21.8 Å². The maximum atomic E-state index is 12.1. The van der Waals surface area contributed by atoms with E-state index in [-0.39, 0.29) is 19.0 Å². The van der Waals surface area contributed by atoms with Crippen molar-refractivity contribution >= 4 is 51.9 Å². The van der Waals surface area contributed by atoms with Crippen LogP contribution in [0, 0.1) is 0 Å². The van der Waals surface area contributed by atoms with E-state index >= 15 is 0 Å². The molecule has 0 amide bonds. The summed E-state index contributed by atoms with van der Waals surface area (Å²) in [6, 6.07) is 16.8. The number of halogens is 2. The highest BCUT2D eigenvalue weighted by Gasteiger charge is 2.12. The Morgan fingerprint density at radius 1 is 1.04 bits per heavy atom. The van der Waals surface area contributed by atoms with Crippen LogP contribution in [-0.2, 0) is 22.6 Å². The van der Waals surface area contributed by atoms with Crippen LogP contribution in [0.5, 0.6) is 0 Å². The van der Waals surface area contributed by atoms with Crippen LogP contribution in [-0.4, -0.2) is 5.97 Å². The molecule has 0 saturated heterocycles. The van der Waals surface area contributed by atoms with Gasteiger partial charge in [-0.2, -0.15) is 0 Å². The molecule has 3 nitrogen and oxygen atoms in total. The Balaban J connectivity index is 1.62. The second kappa shape index (κ2) is 8.39. The number of hydrogen-bond acceptors (Lipinski definition) is 4. The van der Waals surface area contributed by atoms with Gasteiger partial charge in [-0.05, 0) is 35.2 Å². The Morgan fingerprint density at radius 3 is 2.60 bits per heavy atom. The third kappa shape index (κ3) is 4.98. The van der Waals surface area contributed by atoms with Gasteiger partial charge in [0.2, 0.25) is 0 Å². The van der Waals surface area contributed by atoms with Crippen LogP contribution < -0.4 is 5.32 Å². The first-order valence-corrected chi connectivity index (χ1v) is 9.23. The Labute approximate surface area is 160 Å². The molecule has 0 bridgehead atoms. The average molecular weight is 392 g/mol. The van der Waals surface area contributed by atoms with Crippen molar-refractivity contribution < 1.29 is 9.53 Å². The monoisotopic (exact) mass is 391 g/mol. The summed E-state index contributed by atoms with van der Waals surface area (Å²) in [5.74, 6) is -0.267. The molecule has 2 aromatic carbocycles. The normalized spacial score (nSPS) is 10.5. The molecule has 0 atom stereocenters. The van der Waals surface area contributed by atoms with E-state index in [1.165, 1.54) is 11.3 Å². The Hall–Kier alpha value is -2.01. The first-order chi connectivity index (χ1) is 12.1. The Morgan fingerprint density at radius 2 is 1.84 bits per heavy atom. The third-order valence-electron chi connectivity index (χ3n) is 3.49. The van der Waals surface area contributed by atoms with Gasteiger partial charge in [0.25, 0.3) is 0 Å². The number of esters is 1. The quantitative estimate of drug-likeness (QED) is 0.517. The molecule has 1 heterocycles. The van der Waals surface area contributed by atoms with Crippen molar-refractivity contribution in [1.82, 2.24) is 0 Å². The lowest BCUT2D eigenvalue weighted by atomic mass is 10.2. The zero-order valence-corrected chi connectivity index (χ0v) is 15.5. The molecule has 0 aliphatic rings. The summed E-state index contributed by atoms with van der Waals surface area (Å²) in [7, 11) is 0. The van der Waals surface area contributed by atoms with Gasteiger partial charge in [0.1, 0.15) is 6.61 Å². The van der Waals surface area contributed by atoms with Crippen molar-refractivity contribution in [3.8, 4) is 0 Å². The standard InChI is InChI=1S/C19H15Cl2NO2S/c20-14-6-7-16(15(21)10-14)22-17-8-9-25-18(17)11-19(23)24-12-13-4-2-1-3-5-13/h1-10,22H,11-12H2. The second-order valence-electron chi connectivity index (χ2n) is 5.33. The van der Waals surface area contributed by atoms with Crippen LogP contribution in [0.15, 0.2) is 60.0 Å². The molecule has 1 N–H and O–H groups in total. The van der Waals surface area contributed by atoms with Gasteiger partial charge in [0.15, 0.2) is 0 Å². The Bertz CT molecular complexity index is 865. The van der Waals surface area contributed by atoms with E-state index < -0.39 is 0 Å². The minimum Gasteiger partial charge on any atom is -0.461 e. The molecule has 128 valence electrons. The van der Waals surface area contributed by atoms with E-state index in [4.69, 9.17) is 27.9 Å². The number of carbonyl (C=O) groups excluding carboxylic acids is 1. The second-order valence-corrected chi connectivity index (χ2v) is 7.17. The van der Waals surface area contributed by atoms with Crippen LogP contribution in [0.3, 0.4) is 0 Å². The number of anilines is 2. The number of thiophene rings is 1. The smallest absolute Gasteiger partial charge is 0.311 e. The van der Waals surface area contributed by atoms with Crippen LogP contribution in [0.2, 0.25) is 10.0 Å². The predicted octanol–water partition coefficient (Wildman–Crippen LogP) is 6.08. The summed E-state index contributed by atoms with van der Waals surface area (Å²) < 4.78 is 5.34. The topological polar surface area (TPSA) is 38.3 Å². The average Bonchev–Trinajstić information content (AvgIpc) is 3.03. The highest BCUT2D eigenvalue weighted by Crippen LogP contribution is 2.32. The van der Waals surface area contributed by atoms with Gasteiger partial charge in [-0.15, -0.1) is 11.3 Å². The summed E-state index contributed by atoms with van der Waals surface area (Å²) in [5, 5.41) is 6.26. The van der Waals surface area contributed by atoms with E-state index in [1.54, 1.807) is 18.2 Å². The molecule has 0 unspecified atom stereocenters. The van der Waals surface area contributed by atoms with Gasteiger partial charge in [0, 0.05) is 9.90 Å². The van der Waals surface area contributed by atoms with Crippen molar-refractivity contribution in [2.45, 2.75) is 13.0 Å². The fourth-order valence-corrected chi connectivity index (χ4v) is 3.52. The number of ether oxygens (including phenoxy) is 1. The lowest BCUT2D eigenvalue weighted by Crippen LogP contribution is -2.08. The van der Waals surface area contributed by atoms with E-state index in [1.807, 2.05) is 41.8 Å². The molecular formula is C19H15Cl2NO2S. The lowest BCUT2D eigenvalue weighted by Gasteiger charge is -2.10. The summed E-state index contributed by atoms with van der Waals surface area (Å²) >= 11 is 13.6. The zero-order valence-electron chi connectivity index (χ0n) is 13.2. The molecule has 0 aliphatic carbocycles. The van der Waals surface area contributed by atoms with Crippen molar-refractivity contribution in [2.24, 2.45) is 0 Å². The van der Waals surface area contributed by atoms with Crippen LogP contribution in [0.25, 0.3) is 0 Å². The Kier molecular flexibility index (Phi) is 5.97.